The molecule has 0 radical (unpaired) electrons. The zero-order valence-corrected chi connectivity index (χ0v) is 8.40. The number of hydrogen-bond acceptors (Lipinski definition) is 2. The molecule has 1 nitrogen and oxygen atoms in total. The van der Waals surface area contributed by atoms with E-state index in [9.17, 15) is 5.11 Å². The Hall–Kier alpha value is -0.0500. The number of thiophene rings is 1. The zero-order chi connectivity index (χ0) is 8.72. The summed E-state index contributed by atoms with van der Waals surface area (Å²) in [7, 11) is 0. The fraction of sp³-hybridized carbons (Fsp3) is 0.556. The van der Waals surface area contributed by atoms with Crippen LogP contribution >= 0.6 is 22.9 Å². The van der Waals surface area contributed by atoms with Gasteiger partial charge in [0, 0.05) is 10.8 Å². The molecule has 0 aliphatic heterocycles. The normalized spacial score (nSPS) is 30.2. The summed E-state index contributed by atoms with van der Waals surface area (Å²) >= 11 is 7.67. The van der Waals surface area contributed by atoms with Crippen molar-refractivity contribution in [2.75, 3.05) is 0 Å². The number of rotatable bonds is 2. The van der Waals surface area contributed by atoms with Gasteiger partial charge in [0.05, 0.1) is 11.1 Å². The second kappa shape index (κ2) is 3.02. The number of aliphatic hydroxyl groups excluding tert-OH is 1. The molecule has 0 aromatic carbocycles. The molecular formula is C9H11ClOS. The van der Waals surface area contributed by atoms with Crippen LogP contribution in [0.15, 0.2) is 11.4 Å². The second-order valence-electron chi connectivity index (χ2n) is 3.38. The molecule has 0 bridgehead atoms. The summed E-state index contributed by atoms with van der Waals surface area (Å²) in [6, 6.07) is 1.93. The van der Waals surface area contributed by atoms with Crippen molar-refractivity contribution in [3.05, 3.63) is 21.3 Å². The summed E-state index contributed by atoms with van der Waals surface area (Å²) < 4.78 is 0. The van der Waals surface area contributed by atoms with Gasteiger partial charge >= 0.3 is 0 Å². The fourth-order valence-electron chi connectivity index (χ4n) is 1.62. The van der Waals surface area contributed by atoms with Crippen LogP contribution in [0.5, 0.6) is 0 Å². The fourth-order valence-corrected chi connectivity index (χ4v) is 3.01. The highest BCUT2D eigenvalue weighted by molar-refractivity contribution is 7.10. The van der Waals surface area contributed by atoms with Crippen LogP contribution in [0.25, 0.3) is 0 Å². The van der Waals surface area contributed by atoms with Crippen molar-refractivity contribution >= 4 is 22.9 Å². The molecule has 12 heavy (non-hydrogen) atoms. The van der Waals surface area contributed by atoms with E-state index in [1.807, 2.05) is 18.4 Å². The molecule has 0 saturated heterocycles. The van der Waals surface area contributed by atoms with Crippen LogP contribution < -0.4 is 0 Å². The Morgan fingerprint density at radius 3 is 2.92 bits per heavy atom. The number of halogens is 1. The smallest absolute Gasteiger partial charge is 0.0547 e. The van der Waals surface area contributed by atoms with E-state index in [0.29, 0.717) is 11.8 Å². The molecule has 3 heteroatoms. The van der Waals surface area contributed by atoms with E-state index in [-0.39, 0.29) is 6.10 Å². The SMILES string of the molecule is CC(O)C1CC1c1sccc1Cl. The molecule has 1 heterocycles. The maximum atomic E-state index is 9.31. The molecule has 1 saturated carbocycles. The molecule has 1 aliphatic rings. The first kappa shape index (κ1) is 8.54. The van der Waals surface area contributed by atoms with Crippen LogP contribution in [-0.4, -0.2) is 11.2 Å². The van der Waals surface area contributed by atoms with E-state index < -0.39 is 0 Å². The first-order chi connectivity index (χ1) is 5.70. The molecule has 66 valence electrons. The van der Waals surface area contributed by atoms with Crippen molar-refractivity contribution in [2.24, 2.45) is 5.92 Å². The van der Waals surface area contributed by atoms with Gasteiger partial charge < -0.3 is 5.11 Å². The van der Waals surface area contributed by atoms with Crippen LogP contribution in [0.3, 0.4) is 0 Å². The van der Waals surface area contributed by atoms with Crippen LogP contribution in [0.1, 0.15) is 24.1 Å². The summed E-state index contributed by atoms with van der Waals surface area (Å²) in [6.07, 6.45) is 0.908. The third-order valence-electron chi connectivity index (χ3n) is 2.44. The van der Waals surface area contributed by atoms with E-state index in [4.69, 9.17) is 11.6 Å². The third kappa shape index (κ3) is 1.39. The molecule has 1 aromatic heterocycles. The van der Waals surface area contributed by atoms with Crippen LogP contribution in [0.2, 0.25) is 5.02 Å². The summed E-state index contributed by atoms with van der Waals surface area (Å²) in [5.74, 6) is 0.971. The molecule has 3 unspecified atom stereocenters. The average molecular weight is 203 g/mol. The topological polar surface area (TPSA) is 20.2 Å². The van der Waals surface area contributed by atoms with E-state index >= 15 is 0 Å². The Morgan fingerprint density at radius 1 is 1.75 bits per heavy atom. The largest absolute Gasteiger partial charge is 0.393 e. The Morgan fingerprint density at radius 2 is 2.50 bits per heavy atom. The molecule has 1 aliphatic carbocycles. The third-order valence-corrected chi connectivity index (χ3v) is 3.93. The van der Waals surface area contributed by atoms with Crippen molar-refractivity contribution in [1.82, 2.24) is 0 Å². The molecule has 2 rings (SSSR count). The maximum Gasteiger partial charge on any atom is 0.0547 e. The number of hydrogen-bond donors (Lipinski definition) is 1. The molecule has 1 fully saturated rings. The Balaban J connectivity index is 2.10. The Labute approximate surface area is 81.0 Å². The molecule has 3 atom stereocenters. The van der Waals surface area contributed by atoms with Gasteiger partial charge in [-0.2, -0.15) is 0 Å². The van der Waals surface area contributed by atoms with Gasteiger partial charge in [-0.3, -0.25) is 0 Å². The lowest BCUT2D eigenvalue weighted by Crippen LogP contribution is -2.02. The highest BCUT2D eigenvalue weighted by atomic mass is 35.5. The van der Waals surface area contributed by atoms with Gasteiger partial charge in [0.1, 0.15) is 0 Å². The van der Waals surface area contributed by atoms with Crippen molar-refractivity contribution < 1.29 is 5.11 Å². The van der Waals surface area contributed by atoms with Crippen LogP contribution in [-0.2, 0) is 0 Å². The minimum absolute atomic E-state index is 0.187. The van der Waals surface area contributed by atoms with Crippen LogP contribution in [0, 0.1) is 5.92 Å². The maximum absolute atomic E-state index is 9.31. The average Bonchev–Trinajstić information content (AvgIpc) is 2.70. The predicted molar refractivity (Wildman–Crippen MR) is 51.9 cm³/mol. The van der Waals surface area contributed by atoms with Crippen molar-refractivity contribution in [1.29, 1.82) is 0 Å². The zero-order valence-electron chi connectivity index (χ0n) is 6.83. The van der Waals surface area contributed by atoms with E-state index in [0.717, 1.165) is 11.4 Å². The quantitative estimate of drug-likeness (QED) is 0.782. The Kier molecular flexibility index (Phi) is 2.15. The summed E-state index contributed by atoms with van der Waals surface area (Å²) in [5, 5.41) is 12.2. The number of aliphatic hydroxyl groups is 1. The van der Waals surface area contributed by atoms with Gasteiger partial charge in [0.2, 0.25) is 0 Å². The lowest BCUT2D eigenvalue weighted by atomic mass is 10.2. The van der Waals surface area contributed by atoms with E-state index in [2.05, 4.69) is 0 Å². The monoisotopic (exact) mass is 202 g/mol. The molecule has 0 amide bonds. The molecule has 1 N–H and O–H groups in total. The highest BCUT2D eigenvalue weighted by Crippen LogP contribution is 2.53. The second-order valence-corrected chi connectivity index (χ2v) is 4.73. The molecule has 1 aromatic rings. The first-order valence-electron chi connectivity index (χ1n) is 4.11. The summed E-state index contributed by atoms with van der Waals surface area (Å²) in [4.78, 5) is 1.25. The minimum Gasteiger partial charge on any atom is -0.393 e. The van der Waals surface area contributed by atoms with E-state index in [1.165, 1.54) is 4.88 Å². The van der Waals surface area contributed by atoms with Gasteiger partial charge in [0.15, 0.2) is 0 Å². The predicted octanol–water partition coefficient (Wildman–Crippen LogP) is 2.89. The van der Waals surface area contributed by atoms with Gasteiger partial charge in [-0.05, 0) is 30.7 Å². The van der Waals surface area contributed by atoms with Crippen molar-refractivity contribution in [3.63, 3.8) is 0 Å². The first-order valence-corrected chi connectivity index (χ1v) is 5.37. The van der Waals surface area contributed by atoms with E-state index in [1.54, 1.807) is 11.3 Å². The summed E-state index contributed by atoms with van der Waals surface area (Å²) in [6.45, 7) is 1.85. The van der Waals surface area contributed by atoms with Gasteiger partial charge in [-0.1, -0.05) is 11.6 Å². The van der Waals surface area contributed by atoms with Gasteiger partial charge in [-0.25, -0.2) is 0 Å². The standard InChI is InChI=1S/C9H11ClOS/c1-5(11)6-4-7(6)9-8(10)2-3-12-9/h2-3,5-7,11H,4H2,1H3. The lowest BCUT2D eigenvalue weighted by Gasteiger charge is -2.00. The Bertz CT molecular complexity index is 282. The summed E-state index contributed by atoms with van der Waals surface area (Å²) in [5.41, 5.74) is 0. The lowest BCUT2D eigenvalue weighted by molar-refractivity contribution is 0.169. The van der Waals surface area contributed by atoms with Gasteiger partial charge in [0.25, 0.3) is 0 Å². The van der Waals surface area contributed by atoms with Crippen molar-refractivity contribution in [2.45, 2.75) is 25.4 Å². The molecular weight excluding hydrogens is 192 g/mol. The minimum atomic E-state index is -0.187. The van der Waals surface area contributed by atoms with Crippen LogP contribution in [0.4, 0.5) is 0 Å². The molecule has 0 spiro atoms. The van der Waals surface area contributed by atoms with Gasteiger partial charge in [-0.15, -0.1) is 11.3 Å². The highest BCUT2D eigenvalue weighted by Gasteiger charge is 2.43. The van der Waals surface area contributed by atoms with Crippen molar-refractivity contribution in [3.8, 4) is 0 Å².